The summed E-state index contributed by atoms with van der Waals surface area (Å²) in [5.41, 5.74) is 1.83. The van der Waals surface area contributed by atoms with E-state index in [2.05, 4.69) is 0 Å². The summed E-state index contributed by atoms with van der Waals surface area (Å²) in [5.74, 6) is 0.0535. The Balaban J connectivity index is 1.62. The fourth-order valence-corrected chi connectivity index (χ4v) is 5.90. The number of ether oxygens (including phenoxy) is 1. The fourth-order valence-electron chi connectivity index (χ4n) is 4.00. The number of hydrogen-bond acceptors (Lipinski definition) is 6. The minimum absolute atomic E-state index is 0.118. The third-order valence-corrected chi connectivity index (χ3v) is 8.66. The summed E-state index contributed by atoms with van der Waals surface area (Å²) >= 11 is 0. The third kappa shape index (κ3) is 3.96. The van der Waals surface area contributed by atoms with Gasteiger partial charge >= 0.3 is 0 Å². The molecule has 0 spiro atoms. The Morgan fingerprint density at radius 2 is 1.75 bits per heavy atom. The second-order valence-corrected chi connectivity index (χ2v) is 12.1. The molecule has 2 aliphatic rings. The Labute approximate surface area is 188 Å². The van der Waals surface area contributed by atoms with Crippen LogP contribution in [0.3, 0.4) is 0 Å². The Morgan fingerprint density at radius 1 is 1.03 bits per heavy atom. The van der Waals surface area contributed by atoms with E-state index in [0.29, 0.717) is 30.1 Å². The average molecular weight is 480 g/mol. The highest BCUT2D eigenvalue weighted by Crippen LogP contribution is 2.36. The summed E-state index contributed by atoms with van der Waals surface area (Å²) in [5, 5.41) is 0. The lowest BCUT2D eigenvalue weighted by Crippen LogP contribution is -2.42. The number of nitrogens with zero attached hydrogens (tertiary/aromatic N) is 3. The van der Waals surface area contributed by atoms with Crippen LogP contribution in [-0.2, 0) is 31.3 Å². The van der Waals surface area contributed by atoms with Crippen molar-refractivity contribution in [1.29, 1.82) is 0 Å². The minimum Gasteiger partial charge on any atom is -0.478 e. The van der Waals surface area contributed by atoms with E-state index in [1.54, 1.807) is 41.3 Å². The minimum atomic E-state index is -3.57. The molecule has 1 unspecified atom stereocenters. The van der Waals surface area contributed by atoms with Gasteiger partial charge in [-0.1, -0.05) is 12.1 Å². The van der Waals surface area contributed by atoms with Crippen LogP contribution in [0.4, 0.5) is 11.4 Å². The largest absolute Gasteiger partial charge is 0.478 e. The Kier molecular flexibility index (Phi) is 5.68. The van der Waals surface area contributed by atoms with Crippen LogP contribution in [-0.4, -0.2) is 66.6 Å². The predicted octanol–water partition coefficient (Wildman–Crippen LogP) is 1.44. The van der Waals surface area contributed by atoms with Gasteiger partial charge in [-0.15, -0.1) is 0 Å². The maximum absolute atomic E-state index is 13.4. The molecule has 2 heterocycles. The van der Waals surface area contributed by atoms with Crippen LogP contribution in [0.1, 0.15) is 12.0 Å². The first-order valence-corrected chi connectivity index (χ1v) is 13.4. The summed E-state index contributed by atoms with van der Waals surface area (Å²) in [7, 11) is -4.17. The molecule has 0 aromatic heterocycles. The maximum atomic E-state index is 13.4. The summed E-state index contributed by atoms with van der Waals surface area (Å²) in [4.78, 5) is 15.1. The van der Waals surface area contributed by atoms with Crippen LogP contribution in [0.2, 0.25) is 0 Å². The molecule has 11 heteroatoms. The molecule has 0 saturated heterocycles. The molecule has 9 nitrogen and oxygen atoms in total. The Morgan fingerprint density at radius 3 is 2.44 bits per heavy atom. The van der Waals surface area contributed by atoms with Gasteiger partial charge in [-0.2, -0.15) is 0 Å². The molecule has 1 amide bonds. The number of fused-ring (bicyclic) bond motifs is 2. The lowest BCUT2D eigenvalue weighted by molar-refractivity contribution is -0.125. The molecule has 0 saturated carbocycles. The molecular weight excluding hydrogens is 454 g/mol. The maximum Gasteiger partial charge on any atom is 0.268 e. The van der Waals surface area contributed by atoms with Gasteiger partial charge in [-0.25, -0.2) is 21.1 Å². The van der Waals surface area contributed by atoms with Crippen molar-refractivity contribution in [3.05, 3.63) is 48.0 Å². The summed E-state index contributed by atoms with van der Waals surface area (Å²) in [6.07, 6.45) is 0.983. The number of amides is 1. The van der Waals surface area contributed by atoms with Crippen LogP contribution >= 0.6 is 0 Å². The molecular formula is C21H25N3O6S2. The number of carbonyl (C=O) groups is 1. The summed E-state index contributed by atoms with van der Waals surface area (Å²) in [6.45, 7) is 0.518. The van der Waals surface area contributed by atoms with Crippen molar-refractivity contribution >= 4 is 37.3 Å². The average Bonchev–Trinajstić information content (AvgIpc) is 3.04. The van der Waals surface area contributed by atoms with Crippen molar-refractivity contribution in [1.82, 2.24) is 4.31 Å². The van der Waals surface area contributed by atoms with Gasteiger partial charge in [0.1, 0.15) is 5.75 Å². The van der Waals surface area contributed by atoms with Gasteiger partial charge in [-0.05, 0) is 42.3 Å². The zero-order chi connectivity index (χ0) is 23.3. The first-order chi connectivity index (χ1) is 15.0. The van der Waals surface area contributed by atoms with E-state index >= 15 is 0 Å². The van der Waals surface area contributed by atoms with Gasteiger partial charge < -0.3 is 9.64 Å². The SMILES string of the molecule is CN(C)S(=O)(=O)c1ccc2c(c1)CCN2C(=O)C1CCN(S(C)(=O)=O)c2ccccc2O1. The molecule has 4 rings (SSSR count). The molecule has 172 valence electrons. The van der Waals surface area contributed by atoms with Crippen molar-refractivity contribution in [2.45, 2.75) is 23.8 Å². The number of para-hydroxylation sites is 2. The highest BCUT2D eigenvalue weighted by Gasteiger charge is 2.36. The number of sulfonamides is 2. The van der Waals surface area contributed by atoms with E-state index in [-0.39, 0.29) is 23.8 Å². The van der Waals surface area contributed by atoms with Crippen LogP contribution in [0.5, 0.6) is 5.75 Å². The number of rotatable bonds is 4. The van der Waals surface area contributed by atoms with Gasteiger partial charge in [0.15, 0.2) is 6.10 Å². The monoisotopic (exact) mass is 479 g/mol. The fraction of sp³-hybridized carbons (Fsp3) is 0.381. The molecule has 0 fully saturated rings. The molecule has 2 aromatic rings. The molecule has 0 bridgehead atoms. The van der Waals surface area contributed by atoms with E-state index < -0.39 is 26.2 Å². The van der Waals surface area contributed by atoms with Crippen molar-refractivity contribution in [3.63, 3.8) is 0 Å². The molecule has 2 aliphatic heterocycles. The third-order valence-electron chi connectivity index (χ3n) is 5.66. The van der Waals surface area contributed by atoms with Crippen molar-refractivity contribution < 1.29 is 26.4 Å². The lowest BCUT2D eigenvalue weighted by atomic mass is 10.1. The van der Waals surface area contributed by atoms with Gasteiger partial charge in [0, 0.05) is 39.3 Å². The number of anilines is 2. The smallest absolute Gasteiger partial charge is 0.268 e. The highest BCUT2D eigenvalue weighted by molar-refractivity contribution is 7.92. The molecule has 32 heavy (non-hydrogen) atoms. The van der Waals surface area contributed by atoms with Crippen LogP contribution < -0.4 is 13.9 Å². The first kappa shape index (κ1) is 22.6. The van der Waals surface area contributed by atoms with Crippen molar-refractivity contribution in [2.75, 3.05) is 42.6 Å². The normalized spacial score (nSPS) is 18.7. The molecule has 0 radical (unpaired) electrons. The first-order valence-electron chi connectivity index (χ1n) is 10.1. The summed E-state index contributed by atoms with van der Waals surface area (Å²) < 4.78 is 57.8. The van der Waals surface area contributed by atoms with E-state index in [0.717, 1.165) is 16.1 Å². The zero-order valence-corrected chi connectivity index (χ0v) is 19.7. The predicted molar refractivity (Wildman–Crippen MR) is 121 cm³/mol. The van der Waals surface area contributed by atoms with Crippen molar-refractivity contribution in [2.24, 2.45) is 0 Å². The zero-order valence-electron chi connectivity index (χ0n) is 18.1. The Bertz CT molecular complexity index is 1270. The van der Waals surface area contributed by atoms with E-state index in [1.165, 1.54) is 24.5 Å². The molecule has 0 aliphatic carbocycles. The second kappa shape index (κ2) is 8.05. The van der Waals surface area contributed by atoms with Crippen LogP contribution in [0.25, 0.3) is 0 Å². The standard InChI is InChI=1S/C21H25N3O6S2/c1-22(2)32(28,29)16-8-9-17-15(14-16)10-12-23(17)21(25)20-11-13-24(31(3,26)27)18-6-4-5-7-19(18)30-20/h4-9,14,20H,10-13H2,1-3H3. The number of benzene rings is 2. The quantitative estimate of drug-likeness (QED) is 0.657. The molecule has 2 aromatic carbocycles. The van der Waals surface area contributed by atoms with Gasteiger partial charge in [-0.3, -0.25) is 9.10 Å². The molecule has 1 atom stereocenters. The second-order valence-electron chi connectivity index (χ2n) is 8.02. The Hall–Kier alpha value is -2.63. The summed E-state index contributed by atoms with van der Waals surface area (Å²) in [6, 6.07) is 11.5. The topological polar surface area (TPSA) is 104 Å². The van der Waals surface area contributed by atoms with E-state index in [4.69, 9.17) is 4.74 Å². The number of carbonyl (C=O) groups excluding carboxylic acids is 1. The van der Waals surface area contributed by atoms with Crippen LogP contribution in [0, 0.1) is 0 Å². The van der Waals surface area contributed by atoms with E-state index in [1.807, 2.05) is 0 Å². The van der Waals surface area contributed by atoms with Gasteiger partial charge in [0.25, 0.3) is 5.91 Å². The van der Waals surface area contributed by atoms with Gasteiger partial charge in [0.05, 0.1) is 16.8 Å². The van der Waals surface area contributed by atoms with Crippen molar-refractivity contribution in [3.8, 4) is 5.75 Å². The van der Waals surface area contributed by atoms with E-state index in [9.17, 15) is 21.6 Å². The van der Waals surface area contributed by atoms with Crippen LogP contribution in [0.15, 0.2) is 47.4 Å². The van der Waals surface area contributed by atoms with Gasteiger partial charge in [0.2, 0.25) is 20.0 Å². The highest BCUT2D eigenvalue weighted by atomic mass is 32.2. The molecule has 0 N–H and O–H groups in total. The lowest BCUT2D eigenvalue weighted by Gasteiger charge is -2.24. The number of hydrogen-bond donors (Lipinski definition) is 0.